The summed E-state index contributed by atoms with van der Waals surface area (Å²) in [5.41, 5.74) is 0. The van der Waals surface area contributed by atoms with Gasteiger partial charge in [0, 0.05) is 12.3 Å². The maximum atomic E-state index is 10.9. The molecule has 0 saturated carbocycles. The minimum absolute atomic E-state index is 0.0746. The third-order valence-electron chi connectivity index (χ3n) is 3.08. The van der Waals surface area contributed by atoms with E-state index in [-0.39, 0.29) is 24.3 Å². The zero-order valence-electron chi connectivity index (χ0n) is 11.5. The highest BCUT2D eigenvalue weighted by Crippen LogP contribution is 2.20. The monoisotopic (exact) mass is 270 g/mol. The molecule has 5 heteroatoms. The van der Waals surface area contributed by atoms with Crippen molar-refractivity contribution in [3.63, 3.8) is 0 Å². The highest BCUT2D eigenvalue weighted by atomic mass is 16.7. The van der Waals surface area contributed by atoms with E-state index in [0.29, 0.717) is 13.0 Å². The van der Waals surface area contributed by atoms with Crippen molar-refractivity contribution in [2.45, 2.75) is 45.0 Å². The number of aldehydes is 1. The zero-order chi connectivity index (χ0) is 14.1. The Bertz CT molecular complexity index is 313. The van der Waals surface area contributed by atoms with E-state index in [4.69, 9.17) is 9.47 Å². The van der Waals surface area contributed by atoms with Gasteiger partial charge >= 0.3 is 5.97 Å². The van der Waals surface area contributed by atoms with Gasteiger partial charge in [-0.05, 0) is 26.2 Å². The molecule has 1 fully saturated rings. The molecule has 1 rings (SSSR count). The van der Waals surface area contributed by atoms with Crippen LogP contribution < -0.4 is 0 Å². The highest BCUT2D eigenvalue weighted by molar-refractivity contribution is 5.69. The minimum atomic E-state index is -0.386. The summed E-state index contributed by atoms with van der Waals surface area (Å²) in [6.07, 6.45) is 6.96. The normalized spacial score (nSPS) is 27.4. The number of carbonyl (C=O) groups is 2. The van der Waals surface area contributed by atoms with Crippen LogP contribution in [0.4, 0.5) is 0 Å². The van der Waals surface area contributed by atoms with Crippen LogP contribution in [0.25, 0.3) is 0 Å². The molecule has 1 aliphatic rings. The molecule has 108 valence electrons. The largest absolute Gasteiger partial charge is 0.469 e. The van der Waals surface area contributed by atoms with E-state index in [1.165, 1.54) is 7.11 Å². The van der Waals surface area contributed by atoms with Gasteiger partial charge < -0.3 is 19.0 Å². The van der Waals surface area contributed by atoms with Gasteiger partial charge in [-0.2, -0.15) is 0 Å². The van der Waals surface area contributed by atoms with Crippen LogP contribution in [-0.2, 0) is 23.8 Å². The number of ether oxygens (including phenoxy) is 3. The molecule has 1 aliphatic heterocycles. The molecule has 1 heterocycles. The average Bonchev–Trinajstić information content (AvgIpc) is 2.43. The van der Waals surface area contributed by atoms with Crippen LogP contribution in [0.2, 0.25) is 0 Å². The van der Waals surface area contributed by atoms with Crippen molar-refractivity contribution in [1.82, 2.24) is 0 Å². The lowest BCUT2D eigenvalue weighted by Crippen LogP contribution is -2.39. The second-order valence-corrected chi connectivity index (χ2v) is 4.57. The molecule has 3 atom stereocenters. The lowest BCUT2D eigenvalue weighted by atomic mass is 9.99. The van der Waals surface area contributed by atoms with Crippen LogP contribution in [0.1, 0.15) is 32.6 Å². The molecule has 19 heavy (non-hydrogen) atoms. The predicted molar refractivity (Wildman–Crippen MR) is 69.5 cm³/mol. The lowest BCUT2D eigenvalue weighted by molar-refractivity contribution is -0.219. The summed E-state index contributed by atoms with van der Waals surface area (Å²) in [4.78, 5) is 21.8. The summed E-state index contributed by atoms with van der Waals surface area (Å²) in [7, 11) is 1.39. The fourth-order valence-electron chi connectivity index (χ4n) is 1.93. The van der Waals surface area contributed by atoms with E-state index in [0.717, 1.165) is 25.5 Å². The molecule has 0 N–H and O–H groups in total. The van der Waals surface area contributed by atoms with E-state index in [9.17, 15) is 9.59 Å². The predicted octanol–water partition coefficient (Wildman–Crippen LogP) is 1.85. The van der Waals surface area contributed by atoms with Crippen LogP contribution in [0.15, 0.2) is 12.2 Å². The van der Waals surface area contributed by atoms with E-state index < -0.39 is 0 Å². The van der Waals surface area contributed by atoms with Gasteiger partial charge in [0.2, 0.25) is 0 Å². The summed E-state index contributed by atoms with van der Waals surface area (Å²) >= 11 is 0. The molecular formula is C14H22O5. The average molecular weight is 270 g/mol. The Morgan fingerprint density at radius 3 is 2.89 bits per heavy atom. The first-order chi connectivity index (χ1) is 9.17. The van der Waals surface area contributed by atoms with E-state index in [1.807, 2.05) is 12.2 Å². The molecule has 0 bridgehead atoms. The van der Waals surface area contributed by atoms with E-state index in [2.05, 4.69) is 4.74 Å². The van der Waals surface area contributed by atoms with Crippen molar-refractivity contribution in [2.24, 2.45) is 5.92 Å². The van der Waals surface area contributed by atoms with Gasteiger partial charge in [-0.1, -0.05) is 12.2 Å². The maximum Gasteiger partial charge on any atom is 0.305 e. The summed E-state index contributed by atoms with van der Waals surface area (Å²) < 4.78 is 15.3. The van der Waals surface area contributed by atoms with Gasteiger partial charge in [-0.3, -0.25) is 4.79 Å². The fraction of sp³-hybridized carbons (Fsp3) is 0.714. The van der Waals surface area contributed by atoms with E-state index >= 15 is 0 Å². The molecule has 0 spiro atoms. The van der Waals surface area contributed by atoms with Crippen LogP contribution in [0, 0.1) is 5.92 Å². The molecule has 3 unspecified atom stereocenters. The number of allylic oxidation sites excluding steroid dienone is 2. The molecular weight excluding hydrogens is 248 g/mol. The first-order valence-corrected chi connectivity index (χ1v) is 6.61. The number of carbonyl (C=O) groups excluding carboxylic acids is 2. The molecule has 0 aliphatic carbocycles. The Balaban J connectivity index is 2.20. The Kier molecular flexibility index (Phi) is 7.36. The summed E-state index contributed by atoms with van der Waals surface area (Å²) in [5, 5.41) is 0. The number of hydrogen-bond acceptors (Lipinski definition) is 5. The number of methoxy groups -OCH3 is 1. The number of esters is 1. The number of rotatable bonds is 7. The zero-order valence-corrected chi connectivity index (χ0v) is 11.5. The van der Waals surface area contributed by atoms with Crippen molar-refractivity contribution in [3.05, 3.63) is 12.2 Å². The molecule has 0 amide bonds. The Morgan fingerprint density at radius 2 is 2.21 bits per heavy atom. The SMILES string of the molecule is COC(=O)CCC/C=C\CC1COC(C)OC1C=O. The highest BCUT2D eigenvalue weighted by Gasteiger charge is 2.28. The molecule has 0 aromatic heterocycles. The molecule has 5 nitrogen and oxygen atoms in total. The quantitative estimate of drug-likeness (QED) is 0.306. The van der Waals surface area contributed by atoms with Crippen LogP contribution in [-0.4, -0.2) is 38.4 Å². The first-order valence-electron chi connectivity index (χ1n) is 6.61. The van der Waals surface area contributed by atoms with Crippen molar-refractivity contribution >= 4 is 12.3 Å². The number of unbranched alkanes of at least 4 members (excludes halogenated alkanes) is 1. The van der Waals surface area contributed by atoms with Crippen LogP contribution in [0.5, 0.6) is 0 Å². The fourth-order valence-corrected chi connectivity index (χ4v) is 1.93. The molecule has 0 radical (unpaired) electrons. The minimum Gasteiger partial charge on any atom is -0.469 e. The van der Waals surface area contributed by atoms with Gasteiger partial charge in [0.15, 0.2) is 6.29 Å². The van der Waals surface area contributed by atoms with Crippen molar-refractivity contribution < 1.29 is 23.8 Å². The summed E-state index contributed by atoms with van der Waals surface area (Å²) in [5.74, 6) is -0.108. The summed E-state index contributed by atoms with van der Waals surface area (Å²) in [6, 6.07) is 0. The Labute approximate surface area is 113 Å². The maximum absolute atomic E-state index is 10.9. The van der Waals surface area contributed by atoms with Gasteiger partial charge in [0.25, 0.3) is 0 Å². The molecule has 0 aromatic carbocycles. The van der Waals surface area contributed by atoms with Gasteiger partial charge in [-0.15, -0.1) is 0 Å². The summed E-state index contributed by atoms with van der Waals surface area (Å²) in [6.45, 7) is 2.33. The lowest BCUT2D eigenvalue weighted by Gasteiger charge is -2.31. The van der Waals surface area contributed by atoms with Crippen LogP contribution >= 0.6 is 0 Å². The number of hydrogen-bond donors (Lipinski definition) is 0. The Hall–Kier alpha value is -1.20. The smallest absolute Gasteiger partial charge is 0.305 e. The molecule has 1 saturated heterocycles. The topological polar surface area (TPSA) is 61.8 Å². The second kappa shape index (κ2) is 8.82. The second-order valence-electron chi connectivity index (χ2n) is 4.57. The first kappa shape index (κ1) is 15.9. The standard InChI is InChI=1S/C14H22O5/c1-11-18-10-12(13(9-15)19-11)7-5-3-4-6-8-14(16)17-2/h3,5,9,11-13H,4,6-8,10H2,1-2H3/b5-3-. The third kappa shape index (κ3) is 5.98. The Morgan fingerprint density at radius 1 is 1.42 bits per heavy atom. The molecule has 0 aromatic rings. The van der Waals surface area contributed by atoms with Crippen molar-refractivity contribution in [3.8, 4) is 0 Å². The van der Waals surface area contributed by atoms with Crippen LogP contribution in [0.3, 0.4) is 0 Å². The van der Waals surface area contributed by atoms with Gasteiger partial charge in [-0.25, -0.2) is 0 Å². The van der Waals surface area contributed by atoms with E-state index in [1.54, 1.807) is 6.92 Å². The third-order valence-corrected chi connectivity index (χ3v) is 3.08. The van der Waals surface area contributed by atoms with Gasteiger partial charge in [0.05, 0.1) is 13.7 Å². The van der Waals surface area contributed by atoms with Gasteiger partial charge in [0.1, 0.15) is 12.4 Å². The van der Waals surface area contributed by atoms with Crippen molar-refractivity contribution in [1.29, 1.82) is 0 Å². The van der Waals surface area contributed by atoms with Crippen molar-refractivity contribution in [2.75, 3.05) is 13.7 Å².